The maximum absolute atomic E-state index is 11.2. The quantitative estimate of drug-likeness (QED) is 0.609. The predicted octanol–water partition coefficient (Wildman–Crippen LogP) is 1.63. The highest BCUT2D eigenvalue weighted by molar-refractivity contribution is 8.23. The summed E-state index contributed by atoms with van der Waals surface area (Å²) in [5.41, 5.74) is 0. The highest BCUT2D eigenvalue weighted by Gasteiger charge is 2.28. The minimum absolute atomic E-state index is 0.348. The molecule has 0 aliphatic carbocycles. The van der Waals surface area contributed by atoms with Crippen LogP contribution < -0.4 is 0 Å². The molecule has 1 amide bonds. The van der Waals surface area contributed by atoms with Gasteiger partial charge in [-0.25, -0.2) is 0 Å². The van der Waals surface area contributed by atoms with Gasteiger partial charge in [-0.2, -0.15) is 0 Å². The smallest absolute Gasteiger partial charge is 0.225 e. The molecule has 0 radical (unpaired) electrons. The zero-order chi connectivity index (χ0) is 8.48. The number of amides is 1. The number of hydrogen-bond donors (Lipinski definition) is 0. The molecule has 2 nitrogen and oxygen atoms in total. The van der Waals surface area contributed by atoms with Crippen LogP contribution in [0.1, 0.15) is 12.8 Å². The second-order valence-electron chi connectivity index (χ2n) is 3.68. The highest BCUT2D eigenvalue weighted by atomic mass is 32.1. The SMILES string of the molecule is C[P+](C)(P)CN1CCCC1=O. The van der Waals surface area contributed by atoms with Crippen LogP contribution in [0.25, 0.3) is 0 Å². The summed E-state index contributed by atoms with van der Waals surface area (Å²) in [6.45, 7) is 4.58. The van der Waals surface area contributed by atoms with E-state index in [0.717, 1.165) is 25.7 Å². The van der Waals surface area contributed by atoms with Gasteiger partial charge in [-0.15, -0.1) is 0 Å². The number of carbonyl (C=O) groups excluding carboxylic acids is 1. The molecule has 1 aliphatic rings. The normalized spacial score (nSPS) is 19.5. The van der Waals surface area contributed by atoms with E-state index >= 15 is 0 Å². The molecule has 1 saturated heterocycles. The van der Waals surface area contributed by atoms with Crippen molar-refractivity contribution >= 4 is 21.8 Å². The number of likely N-dealkylation sites (tertiary alicyclic amines) is 1. The Morgan fingerprint density at radius 1 is 1.64 bits per heavy atom. The van der Waals surface area contributed by atoms with Crippen LogP contribution in [0.4, 0.5) is 0 Å². The second-order valence-corrected chi connectivity index (χ2v) is 11.7. The molecule has 1 heterocycles. The Morgan fingerprint density at radius 2 is 2.27 bits per heavy atom. The van der Waals surface area contributed by atoms with Crippen LogP contribution >= 0.6 is 15.9 Å². The van der Waals surface area contributed by atoms with E-state index in [4.69, 9.17) is 0 Å². The van der Waals surface area contributed by atoms with Gasteiger partial charge in [-0.1, -0.05) is 0 Å². The fourth-order valence-electron chi connectivity index (χ4n) is 1.29. The van der Waals surface area contributed by atoms with Gasteiger partial charge in [-0.3, -0.25) is 4.79 Å². The van der Waals surface area contributed by atoms with Crippen LogP contribution in [-0.4, -0.2) is 37.0 Å². The zero-order valence-electron chi connectivity index (χ0n) is 7.21. The Balaban J connectivity index is 2.43. The molecule has 0 aromatic rings. The van der Waals surface area contributed by atoms with Crippen molar-refractivity contribution in [3.8, 4) is 0 Å². The molecule has 11 heavy (non-hydrogen) atoms. The van der Waals surface area contributed by atoms with Gasteiger partial charge in [0, 0.05) is 28.8 Å². The van der Waals surface area contributed by atoms with E-state index in [1.165, 1.54) is 0 Å². The highest BCUT2D eigenvalue weighted by Crippen LogP contribution is 2.60. The molecule has 0 aromatic heterocycles. The van der Waals surface area contributed by atoms with Crippen LogP contribution in [0.15, 0.2) is 0 Å². The summed E-state index contributed by atoms with van der Waals surface area (Å²) in [6.07, 6.45) is 2.81. The van der Waals surface area contributed by atoms with Gasteiger partial charge in [0.05, 0.1) is 13.3 Å². The van der Waals surface area contributed by atoms with Crippen molar-refractivity contribution < 1.29 is 4.79 Å². The lowest BCUT2D eigenvalue weighted by atomic mass is 10.4. The molecule has 0 aromatic carbocycles. The first-order valence-corrected chi connectivity index (χ1v) is 8.37. The van der Waals surface area contributed by atoms with Crippen molar-refractivity contribution in [3.63, 3.8) is 0 Å². The third-order valence-corrected chi connectivity index (χ3v) is 3.27. The van der Waals surface area contributed by atoms with Gasteiger partial charge in [0.1, 0.15) is 6.29 Å². The summed E-state index contributed by atoms with van der Waals surface area (Å²) in [4.78, 5) is 13.2. The lowest BCUT2D eigenvalue weighted by Crippen LogP contribution is -2.25. The number of hydrogen-bond acceptors (Lipinski definition) is 1. The maximum Gasteiger partial charge on any atom is 0.225 e. The van der Waals surface area contributed by atoms with Gasteiger partial charge in [0.25, 0.3) is 0 Å². The average molecular weight is 192 g/mol. The van der Waals surface area contributed by atoms with Crippen LogP contribution in [0.5, 0.6) is 0 Å². The maximum atomic E-state index is 11.2. The molecule has 0 bridgehead atoms. The summed E-state index contributed by atoms with van der Waals surface area (Å²) >= 11 is 0. The molecular weight excluding hydrogens is 176 g/mol. The van der Waals surface area contributed by atoms with E-state index in [0.29, 0.717) is 5.91 Å². The number of carbonyl (C=O) groups is 1. The Bertz CT molecular complexity index is 164. The van der Waals surface area contributed by atoms with Crippen LogP contribution in [0, 0.1) is 0 Å². The van der Waals surface area contributed by atoms with Gasteiger partial charge < -0.3 is 4.90 Å². The Morgan fingerprint density at radius 3 is 2.64 bits per heavy atom. The van der Waals surface area contributed by atoms with E-state index in [2.05, 4.69) is 22.3 Å². The first kappa shape index (κ1) is 9.42. The summed E-state index contributed by atoms with van der Waals surface area (Å²) in [5, 5.41) is 0. The third-order valence-electron chi connectivity index (χ3n) is 1.71. The van der Waals surface area contributed by atoms with Crippen molar-refractivity contribution in [1.29, 1.82) is 0 Å². The van der Waals surface area contributed by atoms with Crippen molar-refractivity contribution in [2.45, 2.75) is 12.8 Å². The van der Waals surface area contributed by atoms with Crippen molar-refractivity contribution in [1.82, 2.24) is 4.90 Å². The number of rotatable bonds is 2. The summed E-state index contributed by atoms with van der Waals surface area (Å²) in [5.74, 6) is 0.348. The summed E-state index contributed by atoms with van der Waals surface area (Å²) < 4.78 is 0. The second kappa shape index (κ2) is 3.37. The Hall–Kier alpha value is 0.330. The molecule has 0 spiro atoms. The van der Waals surface area contributed by atoms with Gasteiger partial charge in [0.15, 0.2) is 0 Å². The van der Waals surface area contributed by atoms with E-state index in [-0.39, 0.29) is 0 Å². The molecule has 0 N–H and O–H groups in total. The summed E-state index contributed by atoms with van der Waals surface area (Å²) in [6, 6.07) is 0. The average Bonchev–Trinajstić information content (AvgIpc) is 2.12. The molecule has 1 unspecified atom stereocenters. The van der Waals surface area contributed by atoms with Gasteiger partial charge in [0.2, 0.25) is 5.91 Å². The largest absolute Gasteiger partial charge is 0.310 e. The monoisotopic (exact) mass is 192 g/mol. The lowest BCUT2D eigenvalue weighted by Gasteiger charge is -2.20. The molecule has 64 valence electrons. The fraction of sp³-hybridized carbons (Fsp3) is 0.857. The fourth-order valence-corrected chi connectivity index (χ4v) is 3.06. The first-order valence-electron chi connectivity index (χ1n) is 3.88. The van der Waals surface area contributed by atoms with Crippen molar-refractivity contribution in [3.05, 3.63) is 0 Å². The first-order chi connectivity index (χ1) is 4.99. The van der Waals surface area contributed by atoms with E-state index in [1.807, 2.05) is 4.90 Å². The molecule has 0 saturated carbocycles. The number of nitrogens with zero attached hydrogens (tertiary/aromatic N) is 1. The molecule has 1 fully saturated rings. The van der Waals surface area contributed by atoms with Crippen LogP contribution in [0.3, 0.4) is 0 Å². The zero-order valence-corrected chi connectivity index (χ0v) is 9.26. The molecule has 1 rings (SSSR count). The Kier molecular flexibility index (Phi) is 2.89. The molecule has 4 heteroatoms. The minimum Gasteiger partial charge on any atom is -0.310 e. The van der Waals surface area contributed by atoms with Crippen LogP contribution in [0.2, 0.25) is 0 Å². The molecule has 1 aliphatic heterocycles. The standard InChI is InChI=1S/C7H16NOP2/c1-11(2,10)6-8-5-3-4-7(8)9/h3-6,10H2,1-2H3/q+1. The predicted molar refractivity (Wildman–Crippen MR) is 54.3 cm³/mol. The van der Waals surface area contributed by atoms with Crippen molar-refractivity contribution in [2.24, 2.45) is 0 Å². The Labute approximate surface area is 71.2 Å². The minimum atomic E-state index is -0.880. The van der Waals surface area contributed by atoms with E-state index < -0.39 is 6.95 Å². The van der Waals surface area contributed by atoms with Gasteiger partial charge >= 0.3 is 0 Å². The third kappa shape index (κ3) is 3.05. The van der Waals surface area contributed by atoms with E-state index in [1.54, 1.807) is 0 Å². The van der Waals surface area contributed by atoms with Crippen LogP contribution in [-0.2, 0) is 4.79 Å². The lowest BCUT2D eigenvalue weighted by molar-refractivity contribution is -0.126. The van der Waals surface area contributed by atoms with Gasteiger partial charge in [-0.05, 0) is 6.42 Å². The topological polar surface area (TPSA) is 20.3 Å². The molecule has 1 atom stereocenters. The van der Waals surface area contributed by atoms with Crippen molar-refractivity contribution in [2.75, 3.05) is 26.2 Å². The summed E-state index contributed by atoms with van der Waals surface area (Å²) in [7, 11) is 2.88. The van der Waals surface area contributed by atoms with E-state index in [9.17, 15) is 4.79 Å². The molecular formula is C7H16NOP2+.